The molecule has 2 rings (SSSR count). The molecule has 4 heteroatoms. The molecule has 0 amide bonds. The monoisotopic (exact) mass is 230 g/mol. The zero-order chi connectivity index (χ0) is 11.2. The lowest BCUT2D eigenvalue weighted by molar-refractivity contribution is -0.00398. The quantitative estimate of drug-likeness (QED) is 0.671. The van der Waals surface area contributed by atoms with Crippen LogP contribution >= 0.6 is 11.6 Å². The molecule has 1 heterocycles. The second-order valence-electron chi connectivity index (χ2n) is 5.08. The van der Waals surface area contributed by atoms with Gasteiger partial charge in [-0.1, -0.05) is 13.8 Å². The summed E-state index contributed by atoms with van der Waals surface area (Å²) in [5, 5.41) is 10.8. The van der Waals surface area contributed by atoms with Gasteiger partial charge >= 0.3 is 0 Å². The van der Waals surface area contributed by atoms with E-state index in [1.54, 1.807) is 0 Å². The van der Waals surface area contributed by atoms with E-state index in [2.05, 4.69) is 4.99 Å². The first-order valence-electron chi connectivity index (χ1n) is 5.66. The standard InChI is InChI=1S/C11H19ClN2O/c1-6(2)11(15)8-5-7(12)3-4-9(8)14-10(11)13/h6-9,15H,3-5H2,1-2H3,(H2,13,14)/t7?,8?,9?,11-/m1/s1. The minimum atomic E-state index is -0.932. The first-order chi connectivity index (χ1) is 6.96. The molecule has 3 unspecified atom stereocenters. The van der Waals surface area contributed by atoms with Gasteiger partial charge in [-0.05, 0) is 25.2 Å². The van der Waals surface area contributed by atoms with Crippen LogP contribution in [0.4, 0.5) is 0 Å². The molecule has 1 aliphatic carbocycles. The van der Waals surface area contributed by atoms with E-state index in [0.29, 0.717) is 5.84 Å². The Labute approximate surface area is 95.7 Å². The fourth-order valence-electron chi connectivity index (χ4n) is 2.93. The lowest BCUT2D eigenvalue weighted by Crippen LogP contribution is -2.53. The largest absolute Gasteiger partial charge is 0.385 e. The molecule has 0 aromatic heterocycles. The zero-order valence-corrected chi connectivity index (χ0v) is 10.0. The third kappa shape index (κ3) is 1.56. The Morgan fingerprint density at radius 3 is 2.80 bits per heavy atom. The van der Waals surface area contributed by atoms with Gasteiger partial charge in [-0.15, -0.1) is 11.6 Å². The highest BCUT2D eigenvalue weighted by Crippen LogP contribution is 2.44. The van der Waals surface area contributed by atoms with E-state index < -0.39 is 5.60 Å². The van der Waals surface area contributed by atoms with E-state index >= 15 is 0 Å². The number of amidine groups is 1. The summed E-state index contributed by atoms with van der Waals surface area (Å²) in [6.45, 7) is 3.98. The van der Waals surface area contributed by atoms with Crippen molar-refractivity contribution in [2.24, 2.45) is 22.6 Å². The maximum Gasteiger partial charge on any atom is 0.128 e. The van der Waals surface area contributed by atoms with Gasteiger partial charge in [0.05, 0.1) is 6.04 Å². The number of alkyl halides is 1. The minimum absolute atomic E-state index is 0.0956. The molecule has 0 bridgehead atoms. The number of rotatable bonds is 1. The van der Waals surface area contributed by atoms with Crippen LogP contribution in [0.3, 0.4) is 0 Å². The second-order valence-corrected chi connectivity index (χ2v) is 5.70. The smallest absolute Gasteiger partial charge is 0.128 e. The number of nitrogens with two attached hydrogens (primary N) is 1. The molecule has 86 valence electrons. The average Bonchev–Trinajstić information content (AvgIpc) is 2.42. The van der Waals surface area contributed by atoms with Crippen LogP contribution in [0, 0.1) is 11.8 Å². The van der Waals surface area contributed by atoms with Gasteiger partial charge in [-0.2, -0.15) is 0 Å². The van der Waals surface area contributed by atoms with Crippen molar-refractivity contribution in [2.45, 2.75) is 50.1 Å². The van der Waals surface area contributed by atoms with Crippen molar-refractivity contribution in [2.75, 3.05) is 0 Å². The van der Waals surface area contributed by atoms with Crippen molar-refractivity contribution in [3.05, 3.63) is 0 Å². The van der Waals surface area contributed by atoms with Crippen molar-refractivity contribution in [3.8, 4) is 0 Å². The van der Waals surface area contributed by atoms with Crippen LogP contribution in [-0.4, -0.2) is 28.0 Å². The van der Waals surface area contributed by atoms with Crippen molar-refractivity contribution in [1.82, 2.24) is 0 Å². The summed E-state index contributed by atoms with van der Waals surface area (Å²) in [7, 11) is 0. The van der Waals surface area contributed by atoms with Crippen molar-refractivity contribution in [3.63, 3.8) is 0 Å². The van der Waals surface area contributed by atoms with E-state index in [4.69, 9.17) is 17.3 Å². The predicted octanol–water partition coefficient (Wildman–Crippen LogP) is 1.52. The average molecular weight is 231 g/mol. The van der Waals surface area contributed by atoms with Crippen LogP contribution in [0.2, 0.25) is 0 Å². The number of nitrogens with zero attached hydrogens (tertiary/aromatic N) is 1. The molecule has 0 aromatic carbocycles. The lowest BCUT2D eigenvalue weighted by Gasteiger charge is -2.39. The number of fused-ring (bicyclic) bond motifs is 1. The molecular formula is C11H19ClN2O. The van der Waals surface area contributed by atoms with Crippen LogP contribution < -0.4 is 5.73 Å². The number of aliphatic imine (C=N–C) groups is 1. The first kappa shape index (κ1) is 11.2. The van der Waals surface area contributed by atoms with Gasteiger partial charge in [0.2, 0.25) is 0 Å². The molecule has 0 saturated heterocycles. The van der Waals surface area contributed by atoms with Crippen LogP contribution in [0.15, 0.2) is 4.99 Å². The van der Waals surface area contributed by atoms with Gasteiger partial charge in [-0.3, -0.25) is 4.99 Å². The third-order valence-electron chi connectivity index (χ3n) is 3.91. The molecule has 3 nitrogen and oxygen atoms in total. The maximum absolute atomic E-state index is 10.6. The van der Waals surface area contributed by atoms with E-state index in [9.17, 15) is 5.11 Å². The van der Waals surface area contributed by atoms with Gasteiger partial charge < -0.3 is 10.8 Å². The number of hydrogen-bond donors (Lipinski definition) is 2. The van der Waals surface area contributed by atoms with Crippen molar-refractivity contribution >= 4 is 17.4 Å². The molecule has 0 aromatic rings. The maximum atomic E-state index is 10.6. The Morgan fingerprint density at radius 1 is 1.53 bits per heavy atom. The Balaban J connectivity index is 2.28. The fraction of sp³-hybridized carbons (Fsp3) is 0.909. The van der Waals surface area contributed by atoms with Crippen molar-refractivity contribution in [1.29, 1.82) is 0 Å². The van der Waals surface area contributed by atoms with Crippen molar-refractivity contribution < 1.29 is 5.11 Å². The molecule has 3 N–H and O–H groups in total. The van der Waals surface area contributed by atoms with E-state index in [1.165, 1.54) is 0 Å². The Kier molecular flexibility index (Phi) is 2.72. The topological polar surface area (TPSA) is 58.6 Å². The van der Waals surface area contributed by atoms with Gasteiger partial charge in [-0.25, -0.2) is 0 Å². The van der Waals surface area contributed by atoms with Crippen LogP contribution in [-0.2, 0) is 0 Å². The molecule has 1 saturated carbocycles. The van der Waals surface area contributed by atoms with E-state index in [-0.39, 0.29) is 23.3 Å². The second kappa shape index (κ2) is 3.63. The number of hydrogen-bond acceptors (Lipinski definition) is 3. The van der Waals surface area contributed by atoms with Gasteiger partial charge in [0, 0.05) is 11.3 Å². The SMILES string of the molecule is CC(C)[C@]1(O)C(N)=NC2CCC(Cl)CC21. The van der Waals surface area contributed by atoms with Gasteiger partial charge in [0.15, 0.2) is 0 Å². The van der Waals surface area contributed by atoms with Crippen LogP contribution in [0.25, 0.3) is 0 Å². The third-order valence-corrected chi connectivity index (χ3v) is 4.31. The summed E-state index contributed by atoms with van der Waals surface area (Å²) >= 11 is 6.16. The summed E-state index contributed by atoms with van der Waals surface area (Å²) in [5.74, 6) is 0.630. The highest BCUT2D eigenvalue weighted by atomic mass is 35.5. The summed E-state index contributed by atoms with van der Waals surface area (Å²) in [5.41, 5.74) is 4.94. The normalized spacial score (nSPS) is 45.4. The Hall–Kier alpha value is -0.280. The molecule has 1 aliphatic heterocycles. The first-order valence-corrected chi connectivity index (χ1v) is 6.10. The fourth-order valence-corrected chi connectivity index (χ4v) is 3.24. The Morgan fingerprint density at radius 2 is 2.20 bits per heavy atom. The van der Waals surface area contributed by atoms with Gasteiger partial charge in [0.25, 0.3) is 0 Å². The summed E-state index contributed by atoms with van der Waals surface area (Å²) in [6, 6.07) is 0.187. The highest BCUT2D eigenvalue weighted by molar-refractivity contribution is 6.20. The molecule has 4 atom stereocenters. The van der Waals surface area contributed by atoms with Crippen LogP contribution in [0.5, 0.6) is 0 Å². The zero-order valence-electron chi connectivity index (χ0n) is 9.28. The Bertz CT molecular complexity index is 292. The molecule has 1 fully saturated rings. The predicted molar refractivity (Wildman–Crippen MR) is 62.2 cm³/mol. The summed E-state index contributed by atoms with van der Waals surface area (Å²) < 4.78 is 0. The van der Waals surface area contributed by atoms with Crippen LogP contribution in [0.1, 0.15) is 33.1 Å². The molecular weight excluding hydrogens is 212 g/mol. The molecule has 0 radical (unpaired) electrons. The summed E-state index contributed by atoms with van der Waals surface area (Å²) in [6.07, 6.45) is 2.76. The minimum Gasteiger partial charge on any atom is -0.385 e. The van der Waals surface area contributed by atoms with E-state index in [0.717, 1.165) is 19.3 Å². The number of halogens is 1. The lowest BCUT2D eigenvalue weighted by atomic mass is 9.71. The van der Waals surface area contributed by atoms with E-state index in [1.807, 2.05) is 13.8 Å². The highest BCUT2D eigenvalue weighted by Gasteiger charge is 2.53. The number of aliphatic hydroxyl groups is 1. The molecule has 0 spiro atoms. The molecule has 15 heavy (non-hydrogen) atoms. The molecule has 2 aliphatic rings. The van der Waals surface area contributed by atoms with Gasteiger partial charge in [0.1, 0.15) is 11.4 Å². The summed E-state index contributed by atoms with van der Waals surface area (Å²) in [4.78, 5) is 4.41.